The molecule has 4 nitrogen and oxygen atoms in total. The summed E-state index contributed by atoms with van der Waals surface area (Å²) in [4.78, 5) is 9.13. The normalized spacial score (nSPS) is 10.5. The first-order valence-electron chi connectivity index (χ1n) is 7.28. The minimum Gasteiger partial charge on any atom is -0.370 e. The van der Waals surface area contributed by atoms with Crippen LogP contribution < -0.4 is 10.6 Å². The molecule has 0 aliphatic rings. The smallest absolute Gasteiger partial charge is 0.139 e. The van der Waals surface area contributed by atoms with Gasteiger partial charge < -0.3 is 10.6 Å². The van der Waals surface area contributed by atoms with Crippen LogP contribution in [0.1, 0.15) is 31.7 Å². The molecule has 0 spiro atoms. The maximum atomic E-state index is 6.20. The van der Waals surface area contributed by atoms with E-state index < -0.39 is 0 Å². The average Bonchev–Trinajstić information content (AvgIpc) is 2.50. The van der Waals surface area contributed by atoms with Gasteiger partial charge in [0.15, 0.2) is 0 Å². The summed E-state index contributed by atoms with van der Waals surface area (Å²) < 4.78 is 0. The van der Waals surface area contributed by atoms with Crippen molar-refractivity contribution in [2.75, 3.05) is 17.2 Å². The van der Waals surface area contributed by atoms with Gasteiger partial charge in [-0.05, 0) is 25.5 Å². The molecule has 0 radical (unpaired) electrons. The quantitative estimate of drug-likeness (QED) is 0.821. The van der Waals surface area contributed by atoms with Crippen LogP contribution in [-0.2, 0) is 6.42 Å². The number of hydrogen-bond donors (Lipinski definition) is 2. The largest absolute Gasteiger partial charge is 0.370 e. The number of benzene rings is 1. The van der Waals surface area contributed by atoms with Crippen molar-refractivity contribution < 1.29 is 0 Å². The van der Waals surface area contributed by atoms with Crippen molar-refractivity contribution in [1.82, 2.24) is 9.97 Å². The summed E-state index contributed by atoms with van der Waals surface area (Å²) in [6.07, 6.45) is 1.84. The molecular weight excluding hydrogens is 284 g/mol. The highest BCUT2D eigenvalue weighted by Gasteiger charge is 2.11. The third-order valence-electron chi connectivity index (χ3n) is 3.18. The molecule has 0 aliphatic heterocycles. The predicted octanol–water partition coefficient (Wildman–Crippen LogP) is 4.57. The second kappa shape index (κ2) is 7.27. The minimum atomic E-state index is 0.677. The van der Waals surface area contributed by atoms with Crippen molar-refractivity contribution >= 4 is 28.9 Å². The number of rotatable bonds is 6. The third-order valence-corrected chi connectivity index (χ3v) is 3.51. The molecule has 21 heavy (non-hydrogen) atoms. The van der Waals surface area contributed by atoms with E-state index in [1.54, 1.807) is 0 Å². The first-order valence-corrected chi connectivity index (χ1v) is 7.66. The van der Waals surface area contributed by atoms with Crippen LogP contribution >= 0.6 is 11.6 Å². The molecule has 5 heteroatoms. The minimum absolute atomic E-state index is 0.677. The zero-order valence-corrected chi connectivity index (χ0v) is 13.5. The average molecular weight is 305 g/mol. The maximum absolute atomic E-state index is 6.20. The van der Waals surface area contributed by atoms with E-state index in [2.05, 4.69) is 27.5 Å². The number of nitrogens with one attached hydrogen (secondary N) is 2. The molecule has 0 bridgehead atoms. The highest BCUT2D eigenvalue weighted by molar-refractivity contribution is 6.33. The number of nitrogens with zero attached hydrogens (tertiary/aromatic N) is 2. The number of aromatic nitrogens is 2. The Morgan fingerprint density at radius 2 is 1.81 bits per heavy atom. The van der Waals surface area contributed by atoms with Crippen molar-refractivity contribution in [3.8, 4) is 0 Å². The molecule has 2 aromatic rings. The Kier molecular flexibility index (Phi) is 5.39. The number of anilines is 3. The molecule has 1 heterocycles. The van der Waals surface area contributed by atoms with E-state index in [0.29, 0.717) is 5.02 Å². The molecule has 0 amide bonds. The molecule has 0 atom stereocenters. The van der Waals surface area contributed by atoms with Crippen LogP contribution in [0.25, 0.3) is 0 Å². The lowest BCUT2D eigenvalue weighted by molar-refractivity contribution is 0.911. The summed E-state index contributed by atoms with van der Waals surface area (Å²) in [5.41, 5.74) is 1.85. The van der Waals surface area contributed by atoms with Crippen LogP contribution in [0.4, 0.5) is 17.3 Å². The lowest BCUT2D eigenvalue weighted by Crippen LogP contribution is -2.10. The Morgan fingerprint density at radius 3 is 2.48 bits per heavy atom. The Morgan fingerprint density at radius 1 is 1.10 bits per heavy atom. The van der Waals surface area contributed by atoms with Crippen LogP contribution in [0.5, 0.6) is 0 Å². The van der Waals surface area contributed by atoms with E-state index in [1.165, 1.54) is 0 Å². The number of hydrogen-bond acceptors (Lipinski definition) is 4. The highest BCUT2D eigenvalue weighted by Crippen LogP contribution is 2.28. The van der Waals surface area contributed by atoms with Crippen LogP contribution in [0.3, 0.4) is 0 Å². The molecule has 0 fully saturated rings. The topological polar surface area (TPSA) is 49.8 Å². The predicted molar refractivity (Wildman–Crippen MR) is 89.7 cm³/mol. The Bertz CT molecular complexity index is 613. The standard InChI is InChI=1S/C16H21ClN4/c1-4-10-18-15-11(3)16(21-14(5-2)20-15)19-13-9-7-6-8-12(13)17/h6-9H,4-5,10H2,1-3H3,(H2,18,19,20,21). The van der Waals surface area contributed by atoms with Crippen LogP contribution in [0, 0.1) is 6.92 Å². The Hall–Kier alpha value is -1.81. The van der Waals surface area contributed by atoms with Crippen LogP contribution in [0.2, 0.25) is 5.02 Å². The Balaban J connectivity index is 2.35. The second-order valence-corrected chi connectivity index (χ2v) is 5.25. The first kappa shape index (κ1) is 15.6. The molecular formula is C16H21ClN4. The lowest BCUT2D eigenvalue weighted by Gasteiger charge is -2.15. The van der Waals surface area contributed by atoms with Gasteiger partial charge in [-0.3, -0.25) is 0 Å². The molecule has 0 saturated heterocycles. The van der Waals surface area contributed by atoms with E-state index in [1.807, 2.05) is 38.1 Å². The third kappa shape index (κ3) is 3.85. The van der Waals surface area contributed by atoms with E-state index >= 15 is 0 Å². The molecule has 112 valence electrons. The van der Waals surface area contributed by atoms with Gasteiger partial charge in [0.2, 0.25) is 0 Å². The maximum Gasteiger partial charge on any atom is 0.139 e. The Labute approximate surface area is 131 Å². The molecule has 0 unspecified atom stereocenters. The summed E-state index contributed by atoms with van der Waals surface area (Å²) in [6.45, 7) is 7.09. The van der Waals surface area contributed by atoms with Gasteiger partial charge in [-0.2, -0.15) is 0 Å². The van der Waals surface area contributed by atoms with E-state index in [-0.39, 0.29) is 0 Å². The van der Waals surface area contributed by atoms with E-state index in [4.69, 9.17) is 11.6 Å². The van der Waals surface area contributed by atoms with Crippen molar-refractivity contribution in [1.29, 1.82) is 0 Å². The van der Waals surface area contributed by atoms with Crippen LogP contribution in [-0.4, -0.2) is 16.5 Å². The summed E-state index contributed by atoms with van der Waals surface area (Å²) in [5, 5.41) is 7.34. The zero-order valence-electron chi connectivity index (χ0n) is 12.7. The van der Waals surface area contributed by atoms with Crippen LogP contribution in [0.15, 0.2) is 24.3 Å². The van der Waals surface area contributed by atoms with Gasteiger partial charge in [0, 0.05) is 18.5 Å². The SMILES string of the molecule is CCCNc1nc(CC)nc(Nc2ccccc2Cl)c1C. The number of aryl methyl sites for hydroxylation is 1. The molecule has 1 aromatic carbocycles. The van der Waals surface area contributed by atoms with Gasteiger partial charge in [-0.25, -0.2) is 9.97 Å². The summed E-state index contributed by atoms with van der Waals surface area (Å²) in [5.74, 6) is 2.50. The van der Waals surface area contributed by atoms with Gasteiger partial charge in [0.1, 0.15) is 17.5 Å². The van der Waals surface area contributed by atoms with Gasteiger partial charge in [0.25, 0.3) is 0 Å². The van der Waals surface area contributed by atoms with Crippen molar-refractivity contribution in [3.63, 3.8) is 0 Å². The fourth-order valence-corrected chi connectivity index (χ4v) is 2.13. The monoisotopic (exact) mass is 304 g/mol. The molecule has 2 N–H and O–H groups in total. The summed E-state index contributed by atoms with van der Waals surface area (Å²) >= 11 is 6.20. The fourth-order valence-electron chi connectivity index (χ4n) is 1.95. The van der Waals surface area contributed by atoms with Crippen molar-refractivity contribution in [2.45, 2.75) is 33.6 Å². The fraction of sp³-hybridized carbons (Fsp3) is 0.375. The van der Waals surface area contributed by atoms with Gasteiger partial charge in [-0.1, -0.05) is 37.6 Å². The second-order valence-electron chi connectivity index (χ2n) is 4.85. The lowest BCUT2D eigenvalue weighted by atomic mass is 10.2. The van der Waals surface area contributed by atoms with E-state index in [0.717, 1.165) is 48.1 Å². The molecule has 2 rings (SSSR count). The van der Waals surface area contributed by atoms with Gasteiger partial charge in [-0.15, -0.1) is 0 Å². The summed E-state index contributed by atoms with van der Waals surface area (Å²) in [6, 6.07) is 7.65. The number of halogens is 1. The first-order chi connectivity index (χ1) is 10.2. The van der Waals surface area contributed by atoms with Gasteiger partial charge >= 0.3 is 0 Å². The van der Waals surface area contributed by atoms with Gasteiger partial charge in [0.05, 0.1) is 10.7 Å². The highest BCUT2D eigenvalue weighted by atomic mass is 35.5. The summed E-state index contributed by atoms with van der Waals surface area (Å²) in [7, 11) is 0. The van der Waals surface area contributed by atoms with E-state index in [9.17, 15) is 0 Å². The van der Waals surface area contributed by atoms with Crippen molar-refractivity contribution in [3.05, 3.63) is 40.7 Å². The molecule has 0 saturated carbocycles. The van der Waals surface area contributed by atoms with Crippen molar-refractivity contribution in [2.24, 2.45) is 0 Å². The zero-order chi connectivity index (χ0) is 15.2. The number of para-hydroxylation sites is 1. The molecule has 0 aliphatic carbocycles. The molecule has 1 aromatic heterocycles.